The third kappa shape index (κ3) is 5.41. The molecular formula is C22H21N3O3. The van der Waals surface area contributed by atoms with E-state index in [9.17, 15) is 9.59 Å². The molecule has 3 rings (SSSR count). The first kappa shape index (κ1) is 19.1. The summed E-state index contributed by atoms with van der Waals surface area (Å²) in [5.41, 5.74) is 5.74. The van der Waals surface area contributed by atoms with Crippen molar-refractivity contribution in [2.75, 3.05) is 5.32 Å². The van der Waals surface area contributed by atoms with Crippen LogP contribution in [0.4, 0.5) is 5.69 Å². The zero-order valence-electron chi connectivity index (χ0n) is 15.5. The second-order valence-electron chi connectivity index (χ2n) is 6.23. The van der Waals surface area contributed by atoms with Gasteiger partial charge >= 0.3 is 0 Å². The molecule has 0 atom stereocenters. The van der Waals surface area contributed by atoms with Gasteiger partial charge in [0.25, 0.3) is 5.91 Å². The number of carbonyl (C=O) groups is 2. The van der Waals surface area contributed by atoms with Gasteiger partial charge in [0.1, 0.15) is 0 Å². The first-order valence-electron chi connectivity index (χ1n) is 8.94. The predicted molar refractivity (Wildman–Crippen MR) is 108 cm³/mol. The van der Waals surface area contributed by atoms with Crippen LogP contribution in [0.3, 0.4) is 0 Å². The van der Waals surface area contributed by atoms with Crippen LogP contribution in [0.15, 0.2) is 82.5 Å². The number of rotatable bonds is 7. The van der Waals surface area contributed by atoms with Crippen LogP contribution in [0, 0.1) is 0 Å². The summed E-state index contributed by atoms with van der Waals surface area (Å²) in [5, 5.41) is 6.93. The summed E-state index contributed by atoms with van der Waals surface area (Å²) in [6.07, 6.45) is 2.47. The van der Waals surface area contributed by atoms with Crippen molar-refractivity contribution >= 4 is 23.2 Å². The van der Waals surface area contributed by atoms with E-state index in [1.165, 1.54) is 6.26 Å². The molecule has 0 spiro atoms. The highest BCUT2D eigenvalue weighted by atomic mass is 16.3. The van der Waals surface area contributed by atoms with Gasteiger partial charge in [-0.25, -0.2) is 5.43 Å². The van der Waals surface area contributed by atoms with Gasteiger partial charge in [-0.1, -0.05) is 42.5 Å². The fraction of sp³-hybridized carbons (Fsp3) is 0.136. The lowest BCUT2D eigenvalue weighted by molar-refractivity contribution is -0.121. The summed E-state index contributed by atoms with van der Waals surface area (Å²) in [6, 6.07) is 20.3. The van der Waals surface area contributed by atoms with Gasteiger partial charge in [-0.3, -0.25) is 9.59 Å². The zero-order valence-corrected chi connectivity index (χ0v) is 15.5. The summed E-state index contributed by atoms with van der Waals surface area (Å²) < 4.78 is 5.08. The third-order valence-electron chi connectivity index (χ3n) is 4.12. The number of furan rings is 1. The Hall–Kier alpha value is -3.67. The lowest BCUT2D eigenvalue weighted by Gasteiger charge is -2.07. The Balaban J connectivity index is 1.56. The van der Waals surface area contributed by atoms with E-state index < -0.39 is 0 Å². The highest BCUT2D eigenvalue weighted by Crippen LogP contribution is 2.13. The second kappa shape index (κ2) is 9.32. The molecule has 3 aromatic rings. The third-order valence-corrected chi connectivity index (χ3v) is 4.12. The predicted octanol–water partition coefficient (Wildman–Crippen LogP) is 4.00. The molecule has 1 heterocycles. The Bertz CT molecular complexity index is 964. The van der Waals surface area contributed by atoms with Gasteiger partial charge in [0.05, 0.1) is 12.0 Å². The van der Waals surface area contributed by atoms with Crippen molar-refractivity contribution in [2.45, 2.75) is 19.8 Å². The standard InChI is InChI=1S/C22H21N3O3/c1-16(24-25-21(26)13-12-17-7-3-2-4-8-17)18-9-5-10-19(15-18)23-22(27)20-11-6-14-28-20/h2-11,14-15H,12-13H2,1H3,(H,23,27)(H,25,26). The Labute approximate surface area is 163 Å². The number of amides is 2. The number of aryl methyl sites for hydroxylation is 1. The van der Waals surface area contributed by atoms with Crippen LogP contribution < -0.4 is 10.7 Å². The number of nitrogens with one attached hydrogen (secondary N) is 2. The monoisotopic (exact) mass is 375 g/mol. The van der Waals surface area contributed by atoms with Crippen molar-refractivity contribution in [3.05, 3.63) is 89.9 Å². The maximum atomic E-state index is 12.1. The van der Waals surface area contributed by atoms with Crippen molar-refractivity contribution in [1.29, 1.82) is 0 Å². The number of nitrogens with zero attached hydrogens (tertiary/aromatic N) is 1. The minimum atomic E-state index is -0.328. The quantitative estimate of drug-likeness (QED) is 0.483. The molecule has 0 saturated heterocycles. The van der Waals surface area contributed by atoms with Crippen LogP contribution in [-0.4, -0.2) is 17.5 Å². The first-order chi connectivity index (χ1) is 13.6. The number of benzene rings is 2. The van der Waals surface area contributed by atoms with Crippen LogP contribution >= 0.6 is 0 Å². The van der Waals surface area contributed by atoms with Crippen molar-refractivity contribution in [3.63, 3.8) is 0 Å². The number of hydrazone groups is 1. The maximum Gasteiger partial charge on any atom is 0.291 e. The van der Waals surface area contributed by atoms with Crippen LogP contribution in [0.25, 0.3) is 0 Å². The maximum absolute atomic E-state index is 12.1. The lowest BCUT2D eigenvalue weighted by atomic mass is 10.1. The largest absolute Gasteiger partial charge is 0.459 e. The van der Waals surface area contributed by atoms with E-state index in [-0.39, 0.29) is 17.6 Å². The van der Waals surface area contributed by atoms with Crippen LogP contribution in [-0.2, 0) is 11.2 Å². The van der Waals surface area contributed by atoms with E-state index in [0.29, 0.717) is 24.2 Å². The molecule has 0 fully saturated rings. The van der Waals surface area contributed by atoms with Gasteiger partial charge in [-0.05, 0) is 48.7 Å². The molecule has 28 heavy (non-hydrogen) atoms. The van der Waals surface area contributed by atoms with Gasteiger partial charge in [-0.2, -0.15) is 5.10 Å². The lowest BCUT2D eigenvalue weighted by Crippen LogP contribution is -2.19. The van der Waals surface area contributed by atoms with Crippen LogP contribution in [0.5, 0.6) is 0 Å². The molecule has 0 aliphatic rings. The summed E-state index contributed by atoms with van der Waals surface area (Å²) in [6.45, 7) is 1.80. The number of carbonyl (C=O) groups excluding carboxylic acids is 2. The van der Waals surface area contributed by atoms with E-state index >= 15 is 0 Å². The van der Waals surface area contributed by atoms with Crippen molar-refractivity contribution in [3.8, 4) is 0 Å². The Morgan fingerprint density at radius 1 is 1.00 bits per heavy atom. The molecule has 1 aromatic heterocycles. The molecule has 0 aliphatic heterocycles. The van der Waals surface area contributed by atoms with Crippen LogP contribution in [0.1, 0.15) is 35.0 Å². The molecule has 2 N–H and O–H groups in total. The molecule has 0 bridgehead atoms. The van der Waals surface area contributed by atoms with Gasteiger partial charge in [0, 0.05) is 12.1 Å². The minimum absolute atomic E-state index is 0.148. The van der Waals surface area contributed by atoms with E-state index in [1.807, 2.05) is 42.5 Å². The molecule has 2 amide bonds. The molecule has 6 nitrogen and oxygen atoms in total. The molecule has 0 radical (unpaired) electrons. The smallest absolute Gasteiger partial charge is 0.291 e. The average Bonchev–Trinajstić information content (AvgIpc) is 3.26. The summed E-state index contributed by atoms with van der Waals surface area (Å²) in [5.74, 6) is -0.238. The molecule has 2 aromatic carbocycles. The van der Waals surface area contributed by atoms with E-state index in [1.54, 1.807) is 31.2 Å². The molecule has 0 unspecified atom stereocenters. The van der Waals surface area contributed by atoms with Crippen molar-refractivity contribution in [1.82, 2.24) is 5.43 Å². The molecule has 0 saturated carbocycles. The van der Waals surface area contributed by atoms with Gasteiger partial charge in [-0.15, -0.1) is 0 Å². The Morgan fingerprint density at radius 2 is 1.82 bits per heavy atom. The average molecular weight is 375 g/mol. The second-order valence-corrected chi connectivity index (χ2v) is 6.23. The summed E-state index contributed by atoms with van der Waals surface area (Å²) in [4.78, 5) is 24.1. The fourth-order valence-electron chi connectivity index (χ4n) is 2.59. The zero-order chi connectivity index (χ0) is 19.8. The topological polar surface area (TPSA) is 83.7 Å². The number of hydrogen-bond donors (Lipinski definition) is 2. The molecule has 6 heteroatoms. The Kier molecular flexibility index (Phi) is 6.36. The van der Waals surface area contributed by atoms with E-state index in [4.69, 9.17) is 4.42 Å². The number of hydrogen-bond acceptors (Lipinski definition) is 4. The van der Waals surface area contributed by atoms with Crippen LogP contribution in [0.2, 0.25) is 0 Å². The highest BCUT2D eigenvalue weighted by Gasteiger charge is 2.09. The van der Waals surface area contributed by atoms with Crippen molar-refractivity contribution in [2.24, 2.45) is 5.10 Å². The van der Waals surface area contributed by atoms with Crippen molar-refractivity contribution < 1.29 is 14.0 Å². The Morgan fingerprint density at radius 3 is 2.57 bits per heavy atom. The highest BCUT2D eigenvalue weighted by molar-refractivity contribution is 6.04. The van der Waals surface area contributed by atoms with Gasteiger partial charge in [0.15, 0.2) is 5.76 Å². The molecule has 142 valence electrons. The summed E-state index contributed by atoms with van der Waals surface area (Å²) >= 11 is 0. The molecular weight excluding hydrogens is 354 g/mol. The fourth-order valence-corrected chi connectivity index (χ4v) is 2.59. The number of anilines is 1. The molecule has 0 aliphatic carbocycles. The van der Waals surface area contributed by atoms with Gasteiger partial charge in [0.2, 0.25) is 5.91 Å². The normalized spacial score (nSPS) is 11.1. The summed E-state index contributed by atoms with van der Waals surface area (Å²) in [7, 11) is 0. The van der Waals surface area contributed by atoms with E-state index in [2.05, 4.69) is 15.8 Å². The first-order valence-corrected chi connectivity index (χ1v) is 8.94. The van der Waals surface area contributed by atoms with Gasteiger partial charge < -0.3 is 9.73 Å². The van der Waals surface area contributed by atoms with E-state index in [0.717, 1.165) is 11.1 Å². The SMILES string of the molecule is CC(=NNC(=O)CCc1ccccc1)c1cccc(NC(=O)c2ccco2)c1. The minimum Gasteiger partial charge on any atom is -0.459 e.